The first-order valence-corrected chi connectivity index (χ1v) is 8.52. The fourth-order valence-corrected chi connectivity index (χ4v) is 2.19. The van der Waals surface area contributed by atoms with Gasteiger partial charge in [-0.25, -0.2) is 4.79 Å². The van der Waals surface area contributed by atoms with Gasteiger partial charge in [-0.3, -0.25) is 5.41 Å². The maximum atomic E-state index is 11.3. The molecular formula is C14H29N3O2S. The average Bonchev–Trinajstić information content (AvgIpc) is 2.41. The second kappa shape index (κ2) is 14.5. The van der Waals surface area contributed by atoms with E-state index in [2.05, 4.69) is 12.2 Å². The van der Waals surface area contributed by atoms with Gasteiger partial charge in [0.2, 0.25) is 0 Å². The Bertz CT molecular complexity index is 263. The molecule has 4 N–H and O–H groups in total. The number of carbonyl (C=O) groups excluding carboxylic acids is 1. The molecule has 0 fully saturated rings. The summed E-state index contributed by atoms with van der Waals surface area (Å²) in [4.78, 5) is 11.3. The quantitative estimate of drug-likeness (QED) is 0.292. The van der Waals surface area contributed by atoms with Gasteiger partial charge in [0.15, 0.2) is 5.17 Å². The van der Waals surface area contributed by atoms with E-state index in [1.54, 1.807) is 0 Å². The molecule has 0 spiro atoms. The van der Waals surface area contributed by atoms with Gasteiger partial charge in [0.1, 0.15) is 0 Å². The third-order valence-electron chi connectivity index (χ3n) is 2.86. The lowest BCUT2D eigenvalue weighted by atomic mass is 10.1. The van der Waals surface area contributed by atoms with E-state index >= 15 is 0 Å². The molecule has 0 atom stereocenters. The normalized spacial score (nSPS) is 10.2. The zero-order chi connectivity index (χ0) is 15.1. The van der Waals surface area contributed by atoms with E-state index in [9.17, 15) is 4.79 Å². The van der Waals surface area contributed by atoms with Crippen LogP contribution in [0.3, 0.4) is 0 Å². The molecule has 0 aliphatic rings. The van der Waals surface area contributed by atoms with Crippen LogP contribution in [0.15, 0.2) is 0 Å². The van der Waals surface area contributed by atoms with Crippen LogP contribution in [0.4, 0.5) is 4.79 Å². The molecule has 0 aromatic heterocycles. The number of amides is 1. The van der Waals surface area contributed by atoms with E-state index in [0.29, 0.717) is 18.9 Å². The second-order valence-corrected chi connectivity index (χ2v) is 5.89. The first-order chi connectivity index (χ1) is 9.66. The molecule has 0 aliphatic carbocycles. The highest BCUT2D eigenvalue weighted by atomic mass is 32.2. The summed E-state index contributed by atoms with van der Waals surface area (Å²) in [6.45, 7) is 3.18. The summed E-state index contributed by atoms with van der Waals surface area (Å²) in [7, 11) is 0. The minimum atomic E-state index is -0.378. The Labute approximate surface area is 126 Å². The number of amidine groups is 1. The number of carbonyl (C=O) groups is 1. The number of hydrogen-bond donors (Lipinski definition) is 3. The van der Waals surface area contributed by atoms with Gasteiger partial charge in [0, 0.05) is 12.3 Å². The molecule has 0 unspecified atom stereocenters. The minimum absolute atomic E-state index is 0.0686. The Morgan fingerprint density at radius 3 is 2.35 bits per heavy atom. The highest BCUT2D eigenvalue weighted by Crippen LogP contribution is 2.08. The summed E-state index contributed by atoms with van der Waals surface area (Å²) in [5.74, 6) is 0.599. The van der Waals surface area contributed by atoms with Crippen molar-refractivity contribution < 1.29 is 9.53 Å². The lowest BCUT2D eigenvalue weighted by Gasteiger charge is -2.06. The van der Waals surface area contributed by atoms with Gasteiger partial charge in [-0.1, -0.05) is 63.6 Å². The molecule has 5 nitrogen and oxygen atoms in total. The SMILES string of the molecule is CCCCCCCCCCOC(=O)NCCSC(=N)N. The lowest BCUT2D eigenvalue weighted by molar-refractivity contribution is 0.144. The van der Waals surface area contributed by atoms with Crippen molar-refractivity contribution in [1.82, 2.24) is 5.32 Å². The summed E-state index contributed by atoms with van der Waals surface area (Å²) in [5, 5.41) is 9.70. The Balaban J connectivity index is 3.17. The zero-order valence-corrected chi connectivity index (χ0v) is 13.4. The molecule has 0 heterocycles. The van der Waals surface area contributed by atoms with Crippen LogP contribution in [-0.4, -0.2) is 30.2 Å². The molecule has 0 aliphatic heterocycles. The summed E-state index contributed by atoms with van der Waals surface area (Å²) in [6, 6.07) is 0. The number of nitrogens with one attached hydrogen (secondary N) is 2. The van der Waals surface area contributed by atoms with Crippen LogP contribution < -0.4 is 11.1 Å². The molecule has 0 radical (unpaired) electrons. The number of ether oxygens (including phenoxy) is 1. The Hall–Kier alpha value is -0.910. The average molecular weight is 303 g/mol. The monoisotopic (exact) mass is 303 g/mol. The second-order valence-electron chi connectivity index (χ2n) is 4.75. The molecule has 0 saturated heterocycles. The van der Waals surface area contributed by atoms with Gasteiger partial charge in [-0.15, -0.1) is 0 Å². The van der Waals surface area contributed by atoms with E-state index in [0.717, 1.165) is 12.8 Å². The van der Waals surface area contributed by atoms with Crippen LogP contribution in [-0.2, 0) is 4.74 Å². The Kier molecular flexibility index (Phi) is 13.8. The molecule has 0 rings (SSSR count). The number of nitrogens with two attached hydrogens (primary N) is 1. The number of unbranched alkanes of at least 4 members (excludes halogenated alkanes) is 7. The number of alkyl carbamates (subject to hydrolysis) is 1. The van der Waals surface area contributed by atoms with Crippen molar-refractivity contribution in [2.24, 2.45) is 5.73 Å². The number of rotatable bonds is 12. The van der Waals surface area contributed by atoms with Gasteiger partial charge in [-0.2, -0.15) is 0 Å². The maximum Gasteiger partial charge on any atom is 0.407 e. The first-order valence-electron chi connectivity index (χ1n) is 7.54. The molecule has 0 aromatic carbocycles. The molecule has 0 aromatic rings. The number of hydrogen-bond acceptors (Lipinski definition) is 4. The Morgan fingerprint density at radius 1 is 1.15 bits per heavy atom. The van der Waals surface area contributed by atoms with Crippen molar-refractivity contribution in [3.63, 3.8) is 0 Å². The fraction of sp³-hybridized carbons (Fsp3) is 0.857. The van der Waals surface area contributed by atoms with Crippen LogP contribution in [0.5, 0.6) is 0 Å². The first kappa shape index (κ1) is 19.1. The van der Waals surface area contributed by atoms with Crippen molar-refractivity contribution in [1.29, 1.82) is 5.41 Å². The van der Waals surface area contributed by atoms with Crippen molar-refractivity contribution in [2.75, 3.05) is 18.9 Å². The predicted molar refractivity (Wildman–Crippen MR) is 86.3 cm³/mol. The largest absolute Gasteiger partial charge is 0.450 e. The molecule has 118 valence electrons. The van der Waals surface area contributed by atoms with E-state index in [-0.39, 0.29) is 11.3 Å². The standard InChI is InChI=1S/C14H29N3O2S/c1-2-3-4-5-6-7-8-9-11-19-14(18)17-10-12-20-13(15)16/h2-12H2,1H3,(H3,15,16)(H,17,18). The van der Waals surface area contributed by atoms with Crippen LogP contribution >= 0.6 is 11.8 Å². The summed E-state index contributed by atoms with van der Waals surface area (Å²) >= 11 is 1.21. The van der Waals surface area contributed by atoms with Crippen LogP contribution in [0.1, 0.15) is 58.3 Å². The van der Waals surface area contributed by atoms with E-state index in [1.165, 1.54) is 50.3 Å². The highest BCUT2D eigenvalue weighted by Gasteiger charge is 2.01. The maximum absolute atomic E-state index is 11.3. The molecule has 6 heteroatoms. The van der Waals surface area contributed by atoms with Crippen LogP contribution in [0.2, 0.25) is 0 Å². The summed E-state index contributed by atoms with van der Waals surface area (Å²) in [5.41, 5.74) is 5.18. The molecule has 1 amide bonds. The van der Waals surface area contributed by atoms with E-state index in [4.69, 9.17) is 15.9 Å². The van der Waals surface area contributed by atoms with Crippen molar-refractivity contribution >= 4 is 23.0 Å². The van der Waals surface area contributed by atoms with Crippen LogP contribution in [0.25, 0.3) is 0 Å². The van der Waals surface area contributed by atoms with Gasteiger partial charge < -0.3 is 15.8 Å². The predicted octanol–water partition coefficient (Wildman–Crippen LogP) is 3.48. The number of thioether (sulfide) groups is 1. The topological polar surface area (TPSA) is 88.2 Å². The zero-order valence-electron chi connectivity index (χ0n) is 12.6. The summed E-state index contributed by atoms with van der Waals surface area (Å²) < 4.78 is 5.05. The van der Waals surface area contributed by atoms with Gasteiger partial charge in [0.05, 0.1) is 6.61 Å². The van der Waals surface area contributed by atoms with Gasteiger partial charge in [0.25, 0.3) is 0 Å². The third kappa shape index (κ3) is 15.1. The Morgan fingerprint density at radius 2 is 1.75 bits per heavy atom. The van der Waals surface area contributed by atoms with Crippen molar-refractivity contribution in [2.45, 2.75) is 58.3 Å². The van der Waals surface area contributed by atoms with Crippen molar-refractivity contribution in [3.8, 4) is 0 Å². The van der Waals surface area contributed by atoms with Gasteiger partial charge in [-0.05, 0) is 6.42 Å². The molecule has 0 bridgehead atoms. The summed E-state index contributed by atoms with van der Waals surface area (Å²) in [6.07, 6.45) is 9.48. The molecule has 20 heavy (non-hydrogen) atoms. The van der Waals surface area contributed by atoms with E-state index < -0.39 is 0 Å². The van der Waals surface area contributed by atoms with E-state index in [1.807, 2.05) is 0 Å². The van der Waals surface area contributed by atoms with Crippen molar-refractivity contribution in [3.05, 3.63) is 0 Å². The molecular weight excluding hydrogens is 274 g/mol. The lowest BCUT2D eigenvalue weighted by Crippen LogP contribution is -2.27. The minimum Gasteiger partial charge on any atom is -0.450 e. The fourth-order valence-electron chi connectivity index (χ4n) is 1.77. The highest BCUT2D eigenvalue weighted by molar-refractivity contribution is 8.13. The van der Waals surface area contributed by atoms with Gasteiger partial charge >= 0.3 is 6.09 Å². The smallest absolute Gasteiger partial charge is 0.407 e. The molecule has 0 saturated carbocycles. The third-order valence-corrected chi connectivity index (χ3v) is 3.58. The van der Waals surface area contributed by atoms with Crippen LogP contribution in [0, 0.1) is 5.41 Å².